The van der Waals surface area contributed by atoms with Crippen molar-refractivity contribution < 1.29 is 14.0 Å². The third-order valence-electron chi connectivity index (χ3n) is 4.49. The second-order valence-corrected chi connectivity index (χ2v) is 6.74. The first-order valence-electron chi connectivity index (χ1n) is 8.66. The van der Waals surface area contributed by atoms with Crippen LogP contribution in [0.4, 0.5) is 10.1 Å². The van der Waals surface area contributed by atoms with E-state index in [-0.39, 0.29) is 16.5 Å². The Hall–Kier alpha value is -2.40. The molecule has 2 aromatic carbocycles. The van der Waals surface area contributed by atoms with E-state index in [4.69, 9.17) is 11.6 Å². The second-order valence-electron chi connectivity index (χ2n) is 6.34. The van der Waals surface area contributed by atoms with Crippen molar-refractivity contribution in [3.8, 4) is 0 Å². The number of carbonyl (C=O) groups is 2. The first kappa shape index (κ1) is 18.4. The van der Waals surface area contributed by atoms with Crippen LogP contribution >= 0.6 is 11.6 Å². The van der Waals surface area contributed by atoms with E-state index in [2.05, 4.69) is 5.32 Å². The van der Waals surface area contributed by atoms with Crippen molar-refractivity contribution in [1.29, 1.82) is 0 Å². The minimum Gasteiger partial charge on any atom is -0.343 e. The molecule has 1 aliphatic heterocycles. The number of rotatable bonds is 5. The van der Waals surface area contributed by atoms with Crippen molar-refractivity contribution in [3.05, 3.63) is 64.4 Å². The zero-order valence-corrected chi connectivity index (χ0v) is 15.1. The van der Waals surface area contributed by atoms with Gasteiger partial charge < -0.3 is 10.2 Å². The smallest absolute Gasteiger partial charge is 0.260 e. The maximum absolute atomic E-state index is 13.8. The number of hydrogen-bond acceptors (Lipinski definition) is 2. The maximum atomic E-state index is 13.8. The van der Waals surface area contributed by atoms with Crippen LogP contribution in [0.5, 0.6) is 0 Å². The number of hydrogen-bond donors (Lipinski definition) is 1. The van der Waals surface area contributed by atoms with E-state index in [0.717, 1.165) is 31.5 Å². The maximum Gasteiger partial charge on any atom is 0.260 e. The van der Waals surface area contributed by atoms with Gasteiger partial charge in [0.2, 0.25) is 5.91 Å². The summed E-state index contributed by atoms with van der Waals surface area (Å²) in [7, 11) is 0. The normalized spacial score (nSPS) is 13.7. The molecule has 4 nitrogen and oxygen atoms in total. The van der Waals surface area contributed by atoms with Gasteiger partial charge in [0.05, 0.1) is 10.6 Å². The van der Waals surface area contributed by atoms with E-state index >= 15 is 0 Å². The number of benzene rings is 2. The summed E-state index contributed by atoms with van der Waals surface area (Å²) in [5.41, 5.74) is 1.39. The summed E-state index contributed by atoms with van der Waals surface area (Å²) in [6.45, 7) is 1.73. The van der Waals surface area contributed by atoms with Crippen LogP contribution in [-0.4, -0.2) is 29.8 Å². The molecule has 0 atom stereocenters. The van der Waals surface area contributed by atoms with Crippen molar-refractivity contribution >= 4 is 29.1 Å². The minimum atomic E-state index is -0.660. The molecule has 0 spiro atoms. The van der Waals surface area contributed by atoms with E-state index in [1.165, 1.54) is 18.2 Å². The lowest BCUT2D eigenvalue weighted by atomic mass is 10.1. The summed E-state index contributed by atoms with van der Waals surface area (Å²) in [6, 6.07) is 11.3. The van der Waals surface area contributed by atoms with Crippen LogP contribution in [-0.2, 0) is 11.2 Å². The van der Waals surface area contributed by atoms with E-state index in [0.29, 0.717) is 18.5 Å². The average Bonchev–Trinajstić information content (AvgIpc) is 3.15. The quantitative estimate of drug-likeness (QED) is 0.848. The lowest BCUT2D eigenvalue weighted by Gasteiger charge is -2.15. The van der Waals surface area contributed by atoms with Gasteiger partial charge in [-0.05, 0) is 49.1 Å². The van der Waals surface area contributed by atoms with Gasteiger partial charge >= 0.3 is 0 Å². The zero-order chi connectivity index (χ0) is 18.5. The van der Waals surface area contributed by atoms with E-state index in [9.17, 15) is 14.0 Å². The van der Waals surface area contributed by atoms with Crippen LogP contribution in [0.1, 0.15) is 35.2 Å². The average molecular weight is 375 g/mol. The van der Waals surface area contributed by atoms with Crippen LogP contribution in [0.2, 0.25) is 5.02 Å². The highest BCUT2D eigenvalue weighted by Gasteiger charge is 2.18. The summed E-state index contributed by atoms with van der Waals surface area (Å²) in [5, 5.41) is 2.71. The van der Waals surface area contributed by atoms with Gasteiger partial charge in [-0.25, -0.2) is 4.39 Å². The summed E-state index contributed by atoms with van der Waals surface area (Å²) in [6.07, 6.45) is 3.32. The van der Waals surface area contributed by atoms with Gasteiger partial charge in [0.25, 0.3) is 5.91 Å². The van der Waals surface area contributed by atoms with Gasteiger partial charge in [-0.2, -0.15) is 0 Å². The minimum absolute atomic E-state index is 0.0690. The molecule has 0 bridgehead atoms. The first-order chi connectivity index (χ1) is 12.5. The number of aryl methyl sites for hydroxylation is 1. The lowest BCUT2D eigenvalue weighted by Crippen LogP contribution is -2.27. The molecule has 0 aromatic heterocycles. The topological polar surface area (TPSA) is 49.4 Å². The highest BCUT2D eigenvalue weighted by atomic mass is 35.5. The van der Waals surface area contributed by atoms with Gasteiger partial charge in [-0.1, -0.05) is 29.8 Å². The number of carbonyl (C=O) groups excluding carboxylic acids is 2. The molecule has 26 heavy (non-hydrogen) atoms. The van der Waals surface area contributed by atoms with Gasteiger partial charge in [0, 0.05) is 25.2 Å². The molecule has 1 N–H and O–H groups in total. The molecule has 1 saturated heterocycles. The molecular weight excluding hydrogens is 355 g/mol. The summed E-state index contributed by atoms with van der Waals surface area (Å²) >= 11 is 5.90. The molecule has 6 heteroatoms. The number of likely N-dealkylation sites (tertiary alicyclic amines) is 1. The Bertz CT molecular complexity index is 782. The predicted octanol–water partition coefficient (Wildman–Crippen LogP) is 4.29. The molecular formula is C20H20ClFN2O2. The van der Waals surface area contributed by atoms with E-state index < -0.39 is 11.7 Å². The highest BCUT2D eigenvalue weighted by Crippen LogP contribution is 2.21. The number of nitrogens with zero attached hydrogens (tertiary/aromatic N) is 1. The van der Waals surface area contributed by atoms with E-state index in [1.54, 1.807) is 12.1 Å². The van der Waals surface area contributed by atoms with Gasteiger partial charge in [-0.3, -0.25) is 9.59 Å². The Kier molecular flexibility index (Phi) is 5.89. The van der Waals surface area contributed by atoms with Gasteiger partial charge in [-0.15, -0.1) is 0 Å². The Morgan fingerprint density at radius 2 is 1.77 bits per heavy atom. The standard InChI is InChI=1S/C20H20ClFN2O2/c21-16-4-3-5-17(22)19(16)20(26)23-15-9-6-14(7-10-15)8-11-18(25)24-12-1-2-13-24/h3-7,9-10H,1-2,8,11-13H2,(H,23,26). The predicted molar refractivity (Wildman–Crippen MR) is 99.9 cm³/mol. The molecule has 3 rings (SSSR count). The van der Waals surface area contributed by atoms with E-state index in [1.807, 2.05) is 17.0 Å². The third-order valence-corrected chi connectivity index (χ3v) is 4.80. The Balaban J connectivity index is 1.57. The molecule has 2 amide bonds. The third kappa shape index (κ3) is 4.41. The molecule has 0 saturated carbocycles. The molecule has 1 heterocycles. The number of halogens is 2. The zero-order valence-electron chi connectivity index (χ0n) is 14.3. The fourth-order valence-electron chi connectivity index (χ4n) is 3.04. The molecule has 1 aliphatic rings. The molecule has 0 radical (unpaired) electrons. The molecule has 1 fully saturated rings. The number of nitrogens with one attached hydrogen (secondary N) is 1. The lowest BCUT2D eigenvalue weighted by molar-refractivity contribution is -0.130. The SMILES string of the molecule is O=C(Nc1ccc(CCC(=O)N2CCCC2)cc1)c1c(F)cccc1Cl. The largest absolute Gasteiger partial charge is 0.343 e. The Morgan fingerprint density at radius 3 is 2.42 bits per heavy atom. The summed E-state index contributed by atoms with van der Waals surface area (Å²) in [5.74, 6) is -1.06. The number of anilines is 1. The summed E-state index contributed by atoms with van der Waals surface area (Å²) < 4.78 is 13.8. The molecule has 0 aliphatic carbocycles. The Labute approximate surface area is 157 Å². The van der Waals surface area contributed by atoms with Crippen LogP contribution in [0.15, 0.2) is 42.5 Å². The van der Waals surface area contributed by atoms with Gasteiger partial charge in [0.1, 0.15) is 5.82 Å². The van der Waals surface area contributed by atoms with Crippen molar-refractivity contribution in [1.82, 2.24) is 4.90 Å². The highest BCUT2D eigenvalue weighted by molar-refractivity contribution is 6.34. The number of amides is 2. The van der Waals surface area contributed by atoms with Crippen molar-refractivity contribution in [2.45, 2.75) is 25.7 Å². The molecule has 136 valence electrons. The van der Waals surface area contributed by atoms with Crippen molar-refractivity contribution in [3.63, 3.8) is 0 Å². The molecule has 2 aromatic rings. The monoisotopic (exact) mass is 374 g/mol. The van der Waals surface area contributed by atoms with Crippen molar-refractivity contribution in [2.24, 2.45) is 0 Å². The van der Waals surface area contributed by atoms with Gasteiger partial charge in [0.15, 0.2) is 0 Å². The van der Waals surface area contributed by atoms with Crippen LogP contribution in [0.3, 0.4) is 0 Å². The first-order valence-corrected chi connectivity index (χ1v) is 9.04. The van der Waals surface area contributed by atoms with Crippen LogP contribution in [0.25, 0.3) is 0 Å². The second kappa shape index (κ2) is 8.32. The molecule has 0 unspecified atom stereocenters. The van der Waals surface area contributed by atoms with Crippen LogP contribution < -0.4 is 5.32 Å². The Morgan fingerprint density at radius 1 is 1.08 bits per heavy atom. The summed E-state index contributed by atoms with van der Waals surface area (Å²) in [4.78, 5) is 26.2. The van der Waals surface area contributed by atoms with Crippen LogP contribution in [0, 0.1) is 5.82 Å². The fraction of sp³-hybridized carbons (Fsp3) is 0.300. The fourth-order valence-corrected chi connectivity index (χ4v) is 3.29. The van der Waals surface area contributed by atoms with Crippen molar-refractivity contribution in [2.75, 3.05) is 18.4 Å².